The van der Waals surface area contributed by atoms with Gasteiger partial charge in [-0.2, -0.15) is 0 Å². The Hall–Kier alpha value is -3.01. The Morgan fingerprint density at radius 3 is 2.43 bits per heavy atom. The van der Waals surface area contributed by atoms with Gasteiger partial charge in [-0.3, -0.25) is 0 Å². The molecule has 0 amide bonds. The van der Waals surface area contributed by atoms with E-state index in [2.05, 4.69) is 0 Å². The second-order valence-electron chi connectivity index (χ2n) is 4.71. The summed E-state index contributed by atoms with van der Waals surface area (Å²) in [6.45, 7) is 0. The van der Waals surface area contributed by atoms with Crippen molar-refractivity contribution in [1.29, 1.82) is 0 Å². The van der Waals surface area contributed by atoms with E-state index in [4.69, 9.17) is 5.11 Å². The third kappa shape index (κ3) is 2.65. The van der Waals surface area contributed by atoms with Crippen LogP contribution in [0.15, 0.2) is 67.0 Å². The van der Waals surface area contributed by atoms with Gasteiger partial charge in [0.15, 0.2) is 0 Å². The summed E-state index contributed by atoms with van der Waals surface area (Å²) in [7, 11) is 0. The van der Waals surface area contributed by atoms with Gasteiger partial charge in [0.05, 0.1) is 5.56 Å². The molecule has 0 radical (unpaired) electrons. The van der Waals surface area contributed by atoms with E-state index in [1.165, 1.54) is 0 Å². The fourth-order valence-electron chi connectivity index (χ4n) is 2.18. The number of aromatic carboxylic acids is 1. The lowest BCUT2D eigenvalue weighted by Crippen LogP contribution is -1.95. The third-order valence-corrected chi connectivity index (χ3v) is 3.28. The number of phenolic OH excluding ortho intramolecular Hbond substituents is 1. The standard InChI is InChI=1S/C17H13NO3/c19-16-6-4-15(5-7-16)18-9-8-14(11-18)12-2-1-3-13(10-12)17(20)21/h1-11,19H,(H,20,21). The number of hydrogen-bond acceptors (Lipinski definition) is 2. The van der Waals surface area contributed by atoms with Gasteiger partial charge < -0.3 is 14.8 Å². The zero-order chi connectivity index (χ0) is 14.8. The lowest BCUT2D eigenvalue weighted by molar-refractivity contribution is 0.0697. The van der Waals surface area contributed by atoms with Crippen molar-refractivity contribution >= 4 is 5.97 Å². The Labute approximate surface area is 121 Å². The highest BCUT2D eigenvalue weighted by Crippen LogP contribution is 2.23. The van der Waals surface area contributed by atoms with Crippen molar-refractivity contribution in [1.82, 2.24) is 4.57 Å². The van der Waals surface area contributed by atoms with Crippen LogP contribution < -0.4 is 0 Å². The lowest BCUT2D eigenvalue weighted by Gasteiger charge is -2.03. The molecule has 4 heteroatoms. The Bertz CT molecular complexity index is 788. The first-order valence-electron chi connectivity index (χ1n) is 6.44. The molecule has 104 valence electrons. The first-order valence-corrected chi connectivity index (χ1v) is 6.44. The molecule has 2 N–H and O–H groups in total. The highest BCUT2D eigenvalue weighted by atomic mass is 16.4. The number of nitrogens with zero attached hydrogens (tertiary/aromatic N) is 1. The third-order valence-electron chi connectivity index (χ3n) is 3.28. The summed E-state index contributed by atoms with van der Waals surface area (Å²) < 4.78 is 1.92. The molecule has 0 fully saturated rings. The normalized spacial score (nSPS) is 10.5. The summed E-state index contributed by atoms with van der Waals surface area (Å²) in [6, 6.07) is 15.6. The number of carboxylic acids is 1. The molecular weight excluding hydrogens is 266 g/mol. The van der Waals surface area contributed by atoms with E-state index in [1.807, 2.05) is 41.2 Å². The molecule has 0 aliphatic carbocycles. The number of rotatable bonds is 3. The van der Waals surface area contributed by atoms with E-state index in [9.17, 15) is 9.90 Å². The topological polar surface area (TPSA) is 62.5 Å². The summed E-state index contributed by atoms with van der Waals surface area (Å²) in [4.78, 5) is 11.0. The lowest BCUT2D eigenvalue weighted by atomic mass is 10.1. The van der Waals surface area contributed by atoms with Crippen molar-refractivity contribution in [2.24, 2.45) is 0 Å². The number of carboxylic acid groups (broad SMARTS) is 1. The molecule has 0 aliphatic heterocycles. The smallest absolute Gasteiger partial charge is 0.335 e. The number of benzene rings is 2. The van der Waals surface area contributed by atoms with Crippen LogP contribution in [0.3, 0.4) is 0 Å². The number of aromatic hydroxyl groups is 1. The fraction of sp³-hybridized carbons (Fsp3) is 0. The zero-order valence-electron chi connectivity index (χ0n) is 11.1. The highest BCUT2D eigenvalue weighted by molar-refractivity contribution is 5.89. The van der Waals surface area contributed by atoms with Gasteiger partial charge >= 0.3 is 5.97 Å². The highest BCUT2D eigenvalue weighted by Gasteiger charge is 2.06. The summed E-state index contributed by atoms with van der Waals surface area (Å²) in [5.74, 6) is -0.713. The SMILES string of the molecule is O=C(O)c1cccc(-c2ccn(-c3ccc(O)cc3)c2)c1. The predicted octanol–water partition coefficient (Wildman–Crippen LogP) is 3.55. The van der Waals surface area contributed by atoms with E-state index in [0.29, 0.717) is 0 Å². The van der Waals surface area contributed by atoms with Gasteiger partial charge in [-0.25, -0.2) is 4.79 Å². The van der Waals surface area contributed by atoms with Crippen molar-refractivity contribution in [3.8, 4) is 22.6 Å². The number of aromatic nitrogens is 1. The second kappa shape index (κ2) is 5.17. The first kappa shape index (κ1) is 13.0. The van der Waals surface area contributed by atoms with Gasteiger partial charge in [-0.15, -0.1) is 0 Å². The van der Waals surface area contributed by atoms with Crippen LogP contribution in [-0.4, -0.2) is 20.7 Å². The van der Waals surface area contributed by atoms with Gasteiger partial charge in [0.1, 0.15) is 5.75 Å². The van der Waals surface area contributed by atoms with Crippen LogP contribution in [0.4, 0.5) is 0 Å². The van der Waals surface area contributed by atoms with E-state index in [1.54, 1.807) is 30.3 Å². The van der Waals surface area contributed by atoms with Crippen LogP contribution >= 0.6 is 0 Å². The molecule has 0 saturated heterocycles. The monoisotopic (exact) mass is 279 g/mol. The summed E-state index contributed by atoms with van der Waals surface area (Å²) in [5.41, 5.74) is 2.98. The van der Waals surface area contributed by atoms with Crippen molar-refractivity contribution in [2.75, 3.05) is 0 Å². The van der Waals surface area contributed by atoms with Crippen LogP contribution in [0, 0.1) is 0 Å². The largest absolute Gasteiger partial charge is 0.508 e. The molecule has 3 aromatic rings. The molecule has 4 nitrogen and oxygen atoms in total. The van der Waals surface area contributed by atoms with E-state index >= 15 is 0 Å². The minimum Gasteiger partial charge on any atom is -0.508 e. The van der Waals surface area contributed by atoms with E-state index in [-0.39, 0.29) is 11.3 Å². The van der Waals surface area contributed by atoms with Crippen molar-refractivity contribution < 1.29 is 15.0 Å². The molecule has 1 aromatic heterocycles. The summed E-state index contributed by atoms with van der Waals surface area (Å²) >= 11 is 0. The Morgan fingerprint density at radius 2 is 1.71 bits per heavy atom. The van der Waals surface area contributed by atoms with Crippen LogP contribution in [0.2, 0.25) is 0 Å². The molecule has 3 rings (SSSR count). The van der Waals surface area contributed by atoms with Crippen molar-refractivity contribution in [3.05, 3.63) is 72.6 Å². The Morgan fingerprint density at radius 1 is 0.952 bits per heavy atom. The number of hydrogen-bond donors (Lipinski definition) is 2. The van der Waals surface area contributed by atoms with Crippen molar-refractivity contribution in [2.45, 2.75) is 0 Å². The van der Waals surface area contributed by atoms with Gasteiger partial charge in [-0.1, -0.05) is 12.1 Å². The van der Waals surface area contributed by atoms with Gasteiger partial charge in [0, 0.05) is 18.1 Å². The molecule has 0 unspecified atom stereocenters. The predicted molar refractivity (Wildman–Crippen MR) is 79.8 cm³/mol. The molecule has 21 heavy (non-hydrogen) atoms. The fourth-order valence-corrected chi connectivity index (χ4v) is 2.18. The molecule has 0 bridgehead atoms. The number of phenols is 1. The molecule has 0 saturated carbocycles. The Kier molecular flexibility index (Phi) is 3.20. The van der Waals surface area contributed by atoms with Gasteiger partial charge in [0.25, 0.3) is 0 Å². The van der Waals surface area contributed by atoms with Gasteiger partial charge in [0.2, 0.25) is 0 Å². The van der Waals surface area contributed by atoms with Crippen LogP contribution in [0.25, 0.3) is 16.8 Å². The van der Waals surface area contributed by atoms with Crippen molar-refractivity contribution in [3.63, 3.8) is 0 Å². The molecule has 1 heterocycles. The molecule has 0 spiro atoms. The molecule has 0 atom stereocenters. The summed E-state index contributed by atoms with van der Waals surface area (Å²) in [6.07, 6.45) is 3.82. The quantitative estimate of drug-likeness (QED) is 0.770. The molecular formula is C17H13NO3. The zero-order valence-corrected chi connectivity index (χ0v) is 11.1. The second-order valence-corrected chi connectivity index (χ2v) is 4.71. The minimum absolute atomic E-state index is 0.222. The van der Waals surface area contributed by atoms with Gasteiger partial charge in [-0.05, 0) is 53.6 Å². The first-order chi connectivity index (χ1) is 10.1. The van der Waals surface area contributed by atoms with Crippen LogP contribution in [0.1, 0.15) is 10.4 Å². The maximum atomic E-state index is 11.0. The average Bonchev–Trinajstić information content (AvgIpc) is 2.98. The summed E-state index contributed by atoms with van der Waals surface area (Å²) in [5, 5.41) is 18.3. The maximum Gasteiger partial charge on any atom is 0.335 e. The van der Waals surface area contributed by atoms with Crippen LogP contribution in [-0.2, 0) is 0 Å². The number of carbonyl (C=O) groups is 1. The molecule has 2 aromatic carbocycles. The Balaban J connectivity index is 1.96. The van der Waals surface area contributed by atoms with Crippen LogP contribution in [0.5, 0.6) is 5.75 Å². The van der Waals surface area contributed by atoms with E-state index in [0.717, 1.165) is 16.8 Å². The van der Waals surface area contributed by atoms with E-state index < -0.39 is 5.97 Å². The molecule has 0 aliphatic rings. The average molecular weight is 279 g/mol. The minimum atomic E-state index is -0.935. The maximum absolute atomic E-state index is 11.0.